The molecule has 1 fully saturated rings. The predicted octanol–water partition coefficient (Wildman–Crippen LogP) is 1.23. The lowest BCUT2D eigenvalue weighted by molar-refractivity contribution is -0.129. The van der Waals surface area contributed by atoms with E-state index in [0.717, 1.165) is 32.4 Å². The molecule has 1 unspecified atom stereocenters. The number of aliphatic hydroxyl groups excluding tert-OH is 1. The lowest BCUT2D eigenvalue weighted by atomic mass is 9.91. The number of amides is 1. The summed E-state index contributed by atoms with van der Waals surface area (Å²) < 4.78 is 0. The van der Waals surface area contributed by atoms with E-state index in [2.05, 4.69) is 0 Å². The quantitative estimate of drug-likeness (QED) is 0.726. The van der Waals surface area contributed by atoms with Crippen molar-refractivity contribution < 1.29 is 9.90 Å². The Morgan fingerprint density at radius 2 is 2.14 bits per heavy atom. The summed E-state index contributed by atoms with van der Waals surface area (Å²) in [7, 11) is 0. The summed E-state index contributed by atoms with van der Waals surface area (Å²) in [5.41, 5.74) is 0. The van der Waals surface area contributed by atoms with Gasteiger partial charge in [0.25, 0.3) is 0 Å². The van der Waals surface area contributed by atoms with Crippen LogP contribution in [-0.2, 0) is 4.79 Å². The summed E-state index contributed by atoms with van der Waals surface area (Å²) in [6.45, 7) is 3.40. The fourth-order valence-corrected chi connectivity index (χ4v) is 2.15. The number of carbonyl (C=O) groups excluding carboxylic acids is 1. The van der Waals surface area contributed by atoms with Crippen LogP contribution in [0.15, 0.2) is 0 Å². The van der Waals surface area contributed by atoms with Crippen LogP contribution in [0.3, 0.4) is 0 Å². The van der Waals surface area contributed by atoms with Crippen LogP contribution < -0.4 is 0 Å². The Balaban J connectivity index is 2.27. The predicted molar refractivity (Wildman–Crippen MR) is 56.3 cm³/mol. The number of likely N-dealkylation sites (tertiary alicyclic amines) is 1. The molecule has 0 aromatic heterocycles. The first kappa shape index (κ1) is 11.8. The zero-order valence-corrected chi connectivity index (χ0v) is 9.33. The number of rotatable bonds is 3. The number of piperidine rings is 1. The smallest absolute Gasteiger partial charge is 0.237 e. The van der Waals surface area contributed by atoms with Crippen LogP contribution in [0.1, 0.15) is 26.2 Å². The van der Waals surface area contributed by atoms with E-state index >= 15 is 0 Å². The van der Waals surface area contributed by atoms with Gasteiger partial charge in [-0.1, -0.05) is 0 Å². The van der Waals surface area contributed by atoms with Gasteiger partial charge in [0.1, 0.15) is 5.88 Å². The standard InChI is InChI=1S/C10H18ClNO2/c1-8(13)6-9-2-4-12(5-3-9)10(14)7-11/h8-9,13H,2-7H2,1H3. The highest BCUT2D eigenvalue weighted by Crippen LogP contribution is 2.21. The van der Waals surface area contributed by atoms with Gasteiger partial charge < -0.3 is 10.0 Å². The van der Waals surface area contributed by atoms with Gasteiger partial charge in [0.2, 0.25) is 5.91 Å². The normalized spacial score (nSPS) is 20.9. The van der Waals surface area contributed by atoms with E-state index in [9.17, 15) is 9.90 Å². The van der Waals surface area contributed by atoms with E-state index in [1.807, 2.05) is 11.8 Å². The van der Waals surface area contributed by atoms with Gasteiger partial charge in [-0.25, -0.2) is 0 Å². The minimum atomic E-state index is -0.227. The van der Waals surface area contributed by atoms with E-state index < -0.39 is 0 Å². The zero-order chi connectivity index (χ0) is 10.6. The Bertz CT molecular complexity index is 189. The molecule has 0 bridgehead atoms. The first-order chi connectivity index (χ1) is 6.63. The molecule has 1 rings (SSSR count). The van der Waals surface area contributed by atoms with Gasteiger partial charge in [-0.05, 0) is 32.1 Å². The van der Waals surface area contributed by atoms with E-state index in [1.54, 1.807) is 0 Å². The molecule has 1 atom stereocenters. The average molecular weight is 220 g/mol. The van der Waals surface area contributed by atoms with Crippen LogP contribution in [0.2, 0.25) is 0 Å². The van der Waals surface area contributed by atoms with Crippen LogP contribution in [-0.4, -0.2) is 41.0 Å². The Morgan fingerprint density at radius 3 is 2.57 bits per heavy atom. The summed E-state index contributed by atoms with van der Waals surface area (Å²) in [4.78, 5) is 13.1. The number of hydrogen-bond donors (Lipinski definition) is 1. The second-order valence-electron chi connectivity index (χ2n) is 4.04. The number of alkyl halides is 1. The van der Waals surface area contributed by atoms with Gasteiger partial charge in [0, 0.05) is 13.1 Å². The fourth-order valence-electron chi connectivity index (χ4n) is 1.98. The fraction of sp³-hybridized carbons (Fsp3) is 0.900. The molecular formula is C10H18ClNO2. The largest absolute Gasteiger partial charge is 0.393 e. The highest BCUT2D eigenvalue weighted by Gasteiger charge is 2.22. The molecule has 1 N–H and O–H groups in total. The number of carbonyl (C=O) groups is 1. The Morgan fingerprint density at radius 1 is 1.57 bits per heavy atom. The van der Waals surface area contributed by atoms with Crippen molar-refractivity contribution in [3.63, 3.8) is 0 Å². The molecule has 0 aromatic carbocycles. The lowest BCUT2D eigenvalue weighted by Gasteiger charge is -2.32. The van der Waals surface area contributed by atoms with Crippen molar-refractivity contribution in [1.82, 2.24) is 4.90 Å². The molecule has 0 spiro atoms. The Hall–Kier alpha value is -0.280. The second kappa shape index (κ2) is 5.56. The van der Waals surface area contributed by atoms with Gasteiger partial charge in [-0.3, -0.25) is 4.79 Å². The first-order valence-electron chi connectivity index (χ1n) is 5.15. The van der Waals surface area contributed by atoms with Crippen molar-refractivity contribution in [3.05, 3.63) is 0 Å². The van der Waals surface area contributed by atoms with Gasteiger partial charge >= 0.3 is 0 Å². The number of nitrogens with zero attached hydrogens (tertiary/aromatic N) is 1. The maximum absolute atomic E-state index is 11.2. The van der Waals surface area contributed by atoms with Gasteiger partial charge in [-0.15, -0.1) is 11.6 Å². The Labute approximate surface area is 90.0 Å². The third kappa shape index (κ3) is 3.46. The monoisotopic (exact) mass is 219 g/mol. The molecule has 14 heavy (non-hydrogen) atoms. The van der Waals surface area contributed by atoms with E-state index in [4.69, 9.17) is 11.6 Å². The molecular weight excluding hydrogens is 202 g/mol. The molecule has 0 aromatic rings. The molecule has 82 valence electrons. The average Bonchev–Trinajstić information content (AvgIpc) is 2.17. The number of halogens is 1. The summed E-state index contributed by atoms with van der Waals surface area (Å²) >= 11 is 5.47. The minimum Gasteiger partial charge on any atom is -0.393 e. The maximum Gasteiger partial charge on any atom is 0.237 e. The van der Waals surface area contributed by atoms with Crippen molar-refractivity contribution in [2.24, 2.45) is 5.92 Å². The molecule has 1 heterocycles. The second-order valence-corrected chi connectivity index (χ2v) is 4.31. The SMILES string of the molecule is CC(O)CC1CCN(C(=O)CCl)CC1. The number of hydrogen-bond acceptors (Lipinski definition) is 2. The first-order valence-corrected chi connectivity index (χ1v) is 5.68. The molecule has 1 aliphatic rings. The molecule has 3 nitrogen and oxygen atoms in total. The summed E-state index contributed by atoms with van der Waals surface area (Å²) in [6, 6.07) is 0. The highest BCUT2D eigenvalue weighted by molar-refractivity contribution is 6.27. The van der Waals surface area contributed by atoms with Crippen molar-refractivity contribution in [3.8, 4) is 0 Å². The van der Waals surface area contributed by atoms with Crippen LogP contribution in [0.4, 0.5) is 0 Å². The highest BCUT2D eigenvalue weighted by atomic mass is 35.5. The molecule has 0 saturated carbocycles. The Kier molecular flexibility index (Phi) is 4.69. The third-order valence-electron chi connectivity index (χ3n) is 2.76. The van der Waals surface area contributed by atoms with E-state index in [-0.39, 0.29) is 17.9 Å². The van der Waals surface area contributed by atoms with Crippen molar-refractivity contribution in [1.29, 1.82) is 0 Å². The van der Waals surface area contributed by atoms with E-state index in [0.29, 0.717) is 5.92 Å². The molecule has 4 heteroatoms. The van der Waals surface area contributed by atoms with Gasteiger partial charge in [-0.2, -0.15) is 0 Å². The molecule has 1 amide bonds. The van der Waals surface area contributed by atoms with Crippen LogP contribution in [0.25, 0.3) is 0 Å². The van der Waals surface area contributed by atoms with Gasteiger partial charge in [0.15, 0.2) is 0 Å². The van der Waals surface area contributed by atoms with Crippen molar-refractivity contribution >= 4 is 17.5 Å². The minimum absolute atomic E-state index is 0.0298. The number of aliphatic hydroxyl groups is 1. The third-order valence-corrected chi connectivity index (χ3v) is 2.98. The zero-order valence-electron chi connectivity index (χ0n) is 8.58. The summed E-state index contributed by atoms with van der Waals surface area (Å²) in [6.07, 6.45) is 2.61. The molecule has 1 saturated heterocycles. The van der Waals surface area contributed by atoms with Crippen LogP contribution in [0, 0.1) is 5.92 Å². The van der Waals surface area contributed by atoms with Crippen LogP contribution >= 0.6 is 11.6 Å². The summed E-state index contributed by atoms with van der Waals surface area (Å²) in [5.74, 6) is 0.678. The van der Waals surface area contributed by atoms with Crippen molar-refractivity contribution in [2.75, 3.05) is 19.0 Å². The molecule has 1 aliphatic heterocycles. The maximum atomic E-state index is 11.2. The molecule has 0 aliphatic carbocycles. The lowest BCUT2D eigenvalue weighted by Crippen LogP contribution is -2.39. The molecule has 0 radical (unpaired) electrons. The van der Waals surface area contributed by atoms with Gasteiger partial charge in [0.05, 0.1) is 6.10 Å². The van der Waals surface area contributed by atoms with Crippen LogP contribution in [0.5, 0.6) is 0 Å². The van der Waals surface area contributed by atoms with Crippen molar-refractivity contribution in [2.45, 2.75) is 32.3 Å². The topological polar surface area (TPSA) is 40.5 Å². The van der Waals surface area contributed by atoms with E-state index in [1.165, 1.54) is 0 Å². The summed E-state index contributed by atoms with van der Waals surface area (Å²) in [5, 5.41) is 9.22.